The van der Waals surface area contributed by atoms with Crippen LogP contribution in [0.2, 0.25) is 0 Å². The smallest absolute Gasteiger partial charge is 0.234 e. The number of hydrogen-bond acceptors (Lipinski definition) is 2. The molecular formula is C14H19NO2. The predicted octanol–water partition coefficient (Wildman–Crippen LogP) is 3.02. The highest BCUT2D eigenvalue weighted by Crippen LogP contribution is 2.13. The fraction of sp³-hybridized carbons (Fsp3) is 0.429. The van der Waals surface area contributed by atoms with Gasteiger partial charge in [-0.15, -0.1) is 0 Å². The van der Waals surface area contributed by atoms with Gasteiger partial charge in [0.05, 0.1) is 5.92 Å². The van der Waals surface area contributed by atoms with Gasteiger partial charge in [0.2, 0.25) is 5.91 Å². The van der Waals surface area contributed by atoms with E-state index in [1.54, 1.807) is 0 Å². The molecule has 0 aliphatic heterocycles. The lowest BCUT2D eigenvalue weighted by atomic mass is 9.97. The normalized spacial score (nSPS) is 11.9. The Hall–Kier alpha value is -1.64. The summed E-state index contributed by atoms with van der Waals surface area (Å²) >= 11 is 0. The molecule has 1 aromatic carbocycles. The minimum atomic E-state index is -0.518. The van der Waals surface area contributed by atoms with E-state index in [9.17, 15) is 9.59 Å². The largest absolute Gasteiger partial charge is 0.325 e. The van der Waals surface area contributed by atoms with E-state index in [1.165, 1.54) is 0 Å². The van der Waals surface area contributed by atoms with Crippen molar-refractivity contribution < 1.29 is 9.59 Å². The third-order valence-electron chi connectivity index (χ3n) is 2.65. The van der Waals surface area contributed by atoms with E-state index in [2.05, 4.69) is 5.32 Å². The molecule has 92 valence electrons. The molecule has 0 fully saturated rings. The lowest BCUT2D eigenvalue weighted by Crippen LogP contribution is -2.29. The maximum Gasteiger partial charge on any atom is 0.234 e. The third kappa shape index (κ3) is 4.02. The van der Waals surface area contributed by atoms with Crippen LogP contribution in [0.15, 0.2) is 30.3 Å². The van der Waals surface area contributed by atoms with Crippen LogP contribution in [-0.2, 0) is 9.59 Å². The van der Waals surface area contributed by atoms with Crippen molar-refractivity contribution in [2.45, 2.75) is 33.1 Å². The molecule has 1 atom stereocenters. The molecule has 3 nitrogen and oxygen atoms in total. The van der Waals surface area contributed by atoms with Crippen molar-refractivity contribution in [1.82, 2.24) is 0 Å². The number of rotatable bonds is 6. The number of amides is 1. The SMILES string of the molecule is CCCC(=O)[C@H](CC)C(=O)Nc1ccccc1. The van der Waals surface area contributed by atoms with Gasteiger partial charge in [-0.3, -0.25) is 9.59 Å². The summed E-state index contributed by atoms with van der Waals surface area (Å²) in [5, 5.41) is 2.77. The summed E-state index contributed by atoms with van der Waals surface area (Å²) in [6.07, 6.45) is 1.81. The van der Waals surface area contributed by atoms with Gasteiger partial charge in [-0.1, -0.05) is 32.0 Å². The number of nitrogens with one attached hydrogen (secondary N) is 1. The van der Waals surface area contributed by atoms with Crippen LogP contribution in [0.1, 0.15) is 33.1 Å². The first-order chi connectivity index (χ1) is 8.19. The third-order valence-corrected chi connectivity index (χ3v) is 2.65. The molecule has 3 heteroatoms. The highest BCUT2D eigenvalue weighted by atomic mass is 16.2. The van der Waals surface area contributed by atoms with E-state index in [1.807, 2.05) is 44.2 Å². The standard InChI is InChI=1S/C14H19NO2/c1-3-8-13(16)12(4-2)14(17)15-11-9-6-5-7-10-11/h5-7,9-10,12H,3-4,8H2,1-2H3,(H,15,17)/t12-/m0/s1. The first-order valence-electron chi connectivity index (χ1n) is 6.07. The average Bonchev–Trinajstić information content (AvgIpc) is 2.31. The Balaban J connectivity index is 2.64. The molecule has 0 aliphatic rings. The molecule has 0 spiro atoms. The molecule has 0 radical (unpaired) electrons. The fourth-order valence-electron chi connectivity index (χ4n) is 1.73. The topological polar surface area (TPSA) is 46.2 Å². The lowest BCUT2D eigenvalue weighted by Gasteiger charge is -2.13. The number of para-hydroxylation sites is 1. The highest BCUT2D eigenvalue weighted by Gasteiger charge is 2.23. The first kappa shape index (κ1) is 13.4. The van der Waals surface area contributed by atoms with E-state index >= 15 is 0 Å². The van der Waals surface area contributed by atoms with Crippen LogP contribution >= 0.6 is 0 Å². The molecule has 1 amide bonds. The Labute approximate surface area is 102 Å². The summed E-state index contributed by atoms with van der Waals surface area (Å²) in [4.78, 5) is 23.7. The van der Waals surface area contributed by atoms with E-state index in [4.69, 9.17) is 0 Å². The van der Waals surface area contributed by atoms with Crippen LogP contribution in [-0.4, -0.2) is 11.7 Å². The minimum absolute atomic E-state index is 0.0310. The molecule has 17 heavy (non-hydrogen) atoms. The Bertz CT molecular complexity index is 373. The summed E-state index contributed by atoms with van der Waals surface area (Å²) in [5.74, 6) is -0.685. The van der Waals surface area contributed by atoms with Crippen molar-refractivity contribution in [1.29, 1.82) is 0 Å². The first-order valence-corrected chi connectivity index (χ1v) is 6.07. The van der Waals surface area contributed by atoms with Crippen LogP contribution < -0.4 is 5.32 Å². The predicted molar refractivity (Wildman–Crippen MR) is 68.8 cm³/mol. The number of hydrogen-bond donors (Lipinski definition) is 1. The Morgan fingerprint density at radius 1 is 1.18 bits per heavy atom. The average molecular weight is 233 g/mol. The number of ketones is 1. The minimum Gasteiger partial charge on any atom is -0.325 e. The molecule has 0 bridgehead atoms. The van der Waals surface area contributed by atoms with Gasteiger partial charge < -0.3 is 5.32 Å². The number of carbonyl (C=O) groups is 2. The maximum absolute atomic E-state index is 11.9. The van der Waals surface area contributed by atoms with E-state index in [0.717, 1.165) is 12.1 Å². The molecule has 0 saturated heterocycles. The van der Waals surface area contributed by atoms with Crippen molar-refractivity contribution in [3.8, 4) is 0 Å². The van der Waals surface area contributed by atoms with Crippen LogP contribution in [0.25, 0.3) is 0 Å². The van der Waals surface area contributed by atoms with Crippen LogP contribution in [0.4, 0.5) is 5.69 Å². The van der Waals surface area contributed by atoms with Crippen molar-refractivity contribution in [2.24, 2.45) is 5.92 Å². The molecule has 0 heterocycles. The van der Waals surface area contributed by atoms with Gasteiger partial charge in [0.15, 0.2) is 0 Å². The molecule has 0 aromatic heterocycles. The summed E-state index contributed by atoms with van der Waals surface area (Å²) < 4.78 is 0. The van der Waals surface area contributed by atoms with E-state index in [0.29, 0.717) is 12.8 Å². The second kappa shape index (κ2) is 6.84. The Kier molecular flexibility index (Phi) is 5.40. The molecular weight excluding hydrogens is 214 g/mol. The van der Waals surface area contributed by atoms with Crippen molar-refractivity contribution in [3.63, 3.8) is 0 Å². The second-order valence-corrected chi connectivity index (χ2v) is 4.03. The molecule has 1 rings (SSSR count). The second-order valence-electron chi connectivity index (χ2n) is 4.03. The molecule has 1 aromatic rings. The van der Waals surface area contributed by atoms with Crippen molar-refractivity contribution >= 4 is 17.4 Å². The molecule has 0 saturated carbocycles. The van der Waals surface area contributed by atoms with E-state index in [-0.39, 0.29) is 11.7 Å². The Morgan fingerprint density at radius 2 is 1.82 bits per heavy atom. The van der Waals surface area contributed by atoms with Crippen LogP contribution in [0.5, 0.6) is 0 Å². The number of Topliss-reactive ketones (excluding diaryl/α,β-unsaturated/α-hetero) is 1. The summed E-state index contributed by atoms with van der Waals surface area (Å²) in [5.41, 5.74) is 0.736. The van der Waals surface area contributed by atoms with Gasteiger partial charge in [-0.25, -0.2) is 0 Å². The number of benzene rings is 1. The summed E-state index contributed by atoms with van der Waals surface area (Å²) in [6, 6.07) is 9.22. The van der Waals surface area contributed by atoms with Crippen molar-refractivity contribution in [3.05, 3.63) is 30.3 Å². The zero-order valence-corrected chi connectivity index (χ0v) is 10.4. The number of anilines is 1. The van der Waals surface area contributed by atoms with Crippen molar-refractivity contribution in [2.75, 3.05) is 5.32 Å². The zero-order chi connectivity index (χ0) is 12.7. The highest BCUT2D eigenvalue weighted by molar-refractivity contribution is 6.07. The fourth-order valence-corrected chi connectivity index (χ4v) is 1.73. The van der Waals surface area contributed by atoms with Gasteiger partial charge in [-0.2, -0.15) is 0 Å². The molecule has 0 aliphatic carbocycles. The van der Waals surface area contributed by atoms with Gasteiger partial charge in [0.1, 0.15) is 5.78 Å². The van der Waals surface area contributed by atoms with Gasteiger partial charge in [-0.05, 0) is 25.0 Å². The van der Waals surface area contributed by atoms with E-state index < -0.39 is 5.92 Å². The summed E-state index contributed by atoms with van der Waals surface area (Å²) in [6.45, 7) is 3.81. The van der Waals surface area contributed by atoms with Gasteiger partial charge in [0, 0.05) is 12.1 Å². The van der Waals surface area contributed by atoms with Crippen LogP contribution in [0, 0.1) is 5.92 Å². The maximum atomic E-state index is 11.9. The molecule has 1 N–H and O–H groups in total. The zero-order valence-electron chi connectivity index (χ0n) is 10.4. The van der Waals surface area contributed by atoms with Gasteiger partial charge >= 0.3 is 0 Å². The van der Waals surface area contributed by atoms with Crippen LogP contribution in [0.3, 0.4) is 0 Å². The summed E-state index contributed by atoms with van der Waals surface area (Å²) in [7, 11) is 0. The molecule has 0 unspecified atom stereocenters. The lowest BCUT2D eigenvalue weighted by molar-refractivity contribution is -0.131. The monoisotopic (exact) mass is 233 g/mol. The van der Waals surface area contributed by atoms with Gasteiger partial charge in [0.25, 0.3) is 0 Å². The Morgan fingerprint density at radius 3 is 2.35 bits per heavy atom. The quantitative estimate of drug-likeness (QED) is 0.768. The number of carbonyl (C=O) groups excluding carboxylic acids is 2.